The molecule has 0 fully saturated rings. The van der Waals surface area contributed by atoms with E-state index in [1.54, 1.807) is 19.2 Å². The normalized spacial score (nSPS) is 10.2. The first-order valence-electron chi connectivity index (χ1n) is 7.50. The molecule has 2 rings (SSSR count). The van der Waals surface area contributed by atoms with Gasteiger partial charge in [0, 0.05) is 12.1 Å². The predicted molar refractivity (Wildman–Crippen MR) is 88.3 cm³/mol. The summed E-state index contributed by atoms with van der Waals surface area (Å²) in [4.78, 5) is 12.1. The Hall–Kier alpha value is -2.76. The Balaban J connectivity index is 2.06. The van der Waals surface area contributed by atoms with Gasteiger partial charge < -0.3 is 19.5 Å². The third-order valence-electron chi connectivity index (χ3n) is 3.39. The zero-order valence-corrected chi connectivity index (χ0v) is 13.9. The summed E-state index contributed by atoms with van der Waals surface area (Å²) < 4.78 is 29.2. The molecule has 0 radical (unpaired) electrons. The molecule has 0 aliphatic rings. The Morgan fingerprint density at radius 3 is 2.38 bits per heavy atom. The van der Waals surface area contributed by atoms with Crippen LogP contribution in [0.4, 0.5) is 4.39 Å². The van der Waals surface area contributed by atoms with Crippen LogP contribution in [0.3, 0.4) is 0 Å². The number of hydrogen-bond acceptors (Lipinski definition) is 4. The third-order valence-corrected chi connectivity index (χ3v) is 3.39. The lowest BCUT2D eigenvalue weighted by atomic mass is 10.1. The lowest BCUT2D eigenvalue weighted by molar-refractivity contribution is 0.0950. The Labute approximate surface area is 140 Å². The summed E-state index contributed by atoms with van der Waals surface area (Å²) in [5.74, 6) is 0.396. The maximum absolute atomic E-state index is 13.7. The molecule has 0 atom stereocenters. The van der Waals surface area contributed by atoms with Crippen molar-refractivity contribution < 1.29 is 23.4 Å². The van der Waals surface area contributed by atoms with E-state index in [-0.39, 0.29) is 23.8 Å². The summed E-state index contributed by atoms with van der Waals surface area (Å²) in [6.07, 6.45) is 0. The number of benzene rings is 2. The molecule has 5 nitrogen and oxygen atoms in total. The molecule has 0 saturated carbocycles. The van der Waals surface area contributed by atoms with Crippen molar-refractivity contribution in [2.45, 2.75) is 13.5 Å². The van der Waals surface area contributed by atoms with Crippen LogP contribution in [0.15, 0.2) is 36.4 Å². The minimum Gasteiger partial charge on any atom is -0.494 e. The van der Waals surface area contributed by atoms with Gasteiger partial charge in [0.1, 0.15) is 0 Å². The first-order chi connectivity index (χ1) is 11.6. The maximum Gasteiger partial charge on any atom is 0.251 e. The second-order valence-electron chi connectivity index (χ2n) is 4.95. The molecular weight excluding hydrogens is 313 g/mol. The van der Waals surface area contributed by atoms with Crippen LogP contribution >= 0.6 is 0 Å². The monoisotopic (exact) mass is 333 g/mol. The summed E-state index contributed by atoms with van der Waals surface area (Å²) in [5.41, 5.74) is 1.08. The van der Waals surface area contributed by atoms with E-state index in [4.69, 9.17) is 14.2 Å². The van der Waals surface area contributed by atoms with Crippen LogP contribution < -0.4 is 19.5 Å². The van der Waals surface area contributed by atoms with E-state index in [1.165, 1.54) is 19.2 Å². The highest BCUT2D eigenvalue weighted by atomic mass is 19.1. The summed E-state index contributed by atoms with van der Waals surface area (Å²) in [6.45, 7) is 2.68. The summed E-state index contributed by atoms with van der Waals surface area (Å²) in [6, 6.07) is 9.49. The highest BCUT2D eigenvalue weighted by molar-refractivity contribution is 5.94. The molecule has 0 aliphatic carbocycles. The molecule has 6 heteroatoms. The van der Waals surface area contributed by atoms with Crippen molar-refractivity contribution in [3.8, 4) is 17.2 Å². The molecule has 0 unspecified atom stereocenters. The molecule has 2 aromatic rings. The molecule has 2 aromatic carbocycles. The van der Waals surface area contributed by atoms with Gasteiger partial charge in [0.25, 0.3) is 5.91 Å². The fraction of sp³-hybridized carbons (Fsp3) is 0.278. The summed E-state index contributed by atoms with van der Waals surface area (Å²) in [5, 5.41) is 2.74. The van der Waals surface area contributed by atoms with Crippen LogP contribution in [0.2, 0.25) is 0 Å². The number of methoxy groups -OCH3 is 2. The zero-order chi connectivity index (χ0) is 17.5. The van der Waals surface area contributed by atoms with Crippen LogP contribution in [-0.2, 0) is 6.54 Å². The van der Waals surface area contributed by atoms with Gasteiger partial charge in [-0.2, -0.15) is 0 Å². The number of carbonyl (C=O) groups excluding carboxylic acids is 1. The Morgan fingerprint density at radius 2 is 1.75 bits per heavy atom. The van der Waals surface area contributed by atoms with Gasteiger partial charge in [-0.15, -0.1) is 0 Å². The van der Waals surface area contributed by atoms with Crippen molar-refractivity contribution in [2.24, 2.45) is 0 Å². The molecule has 0 aliphatic heterocycles. The molecule has 0 spiro atoms. The average Bonchev–Trinajstić information content (AvgIpc) is 2.60. The number of carbonyl (C=O) groups is 1. The van der Waals surface area contributed by atoms with Gasteiger partial charge in [0.15, 0.2) is 23.1 Å². The number of halogens is 1. The quantitative estimate of drug-likeness (QED) is 0.845. The zero-order valence-electron chi connectivity index (χ0n) is 13.9. The minimum absolute atomic E-state index is 0.100. The molecule has 128 valence electrons. The van der Waals surface area contributed by atoms with Gasteiger partial charge in [-0.3, -0.25) is 4.79 Å². The first-order valence-corrected chi connectivity index (χ1v) is 7.50. The standard InChI is InChI=1S/C18H20FNO4/c1-4-24-17-9-12(5-7-16(17)23-3)11-20-18(21)13-6-8-15(22-2)14(19)10-13/h5-10H,4,11H2,1-3H3,(H,20,21). The van der Waals surface area contributed by atoms with Gasteiger partial charge in [0.05, 0.1) is 20.8 Å². The molecule has 0 bridgehead atoms. The summed E-state index contributed by atoms with van der Waals surface area (Å²) >= 11 is 0. The van der Waals surface area contributed by atoms with Crippen molar-refractivity contribution >= 4 is 5.91 Å². The lowest BCUT2D eigenvalue weighted by Crippen LogP contribution is -2.23. The molecule has 24 heavy (non-hydrogen) atoms. The molecule has 1 amide bonds. The number of hydrogen-bond donors (Lipinski definition) is 1. The molecular formula is C18H20FNO4. The number of nitrogens with one attached hydrogen (secondary N) is 1. The van der Waals surface area contributed by atoms with Crippen molar-refractivity contribution in [3.05, 3.63) is 53.3 Å². The highest BCUT2D eigenvalue weighted by Crippen LogP contribution is 2.28. The number of amides is 1. The van der Waals surface area contributed by atoms with E-state index in [0.717, 1.165) is 11.6 Å². The second kappa shape index (κ2) is 8.19. The van der Waals surface area contributed by atoms with Crippen LogP contribution in [0, 0.1) is 5.82 Å². The van der Waals surface area contributed by atoms with E-state index in [2.05, 4.69) is 5.32 Å². The fourth-order valence-electron chi connectivity index (χ4n) is 2.19. The number of rotatable bonds is 7. The first kappa shape index (κ1) is 17.6. The van der Waals surface area contributed by atoms with Gasteiger partial charge in [-0.25, -0.2) is 4.39 Å². The van der Waals surface area contributed by atoms with E-state index < -0.39 is 5.82 Å². The van der Waals surface area contributed by atoms with Crippen molar-refractivity contribution in [1.82, 2.24) is 5.32 Å². The molecule has 1 N–H and O–H groups in total. The minimum atomic E-state index is -0.576. The molecule has 0 heterocycles. The predicted octanol–water partition coefficient (Wildman–Crippen LogP) is 3.17. The van der Waals surface area contributed by atoms with Crippen LogP contribution in [-0.4, -0.2) is 26.7 Å². The van der Waals surface area contributed by atoms with Gasteiger partial charge >= 0.3 is 0 Å². The topological polar surface area (TPSA) is 56.8 Å². The van der Waals surface area contributed by atoms with Crippen LogP contribution in [0.25, 0.3) is 0 Å². The third kappa shape index (κ3) is 4.16. The second-order valence-corrected chi connectivity index (χ2v) is 4.95. The van der Waals surface area contributed by atoms with Crippen LogP contribution in [0.1, 0.15) is 22.8 Å². The Morgan fingerprint density at radius 1 is 1.04 bits per heavy atom. The highest BCUT2D eigenvalue weighted by Gasteiger charge is 2.11. The maximum atomic E-state index is 13.7. The Kier molecular flexibility index (Phi) is 6.01. The molecule has 0 aromatic heterocycles. The van der Waals surface area contributed by atoms with Crippen LogP contribution in [0.5, 0.6) is 17.2 Å². The summed E-state index contributed by atoms with van der Waals surface area (Å²) in [7, 11) is 2.94. The smallest absolute Gasteiger partial charge is 0.251 e. The number of ether oxygens (including phenoxy) is 3. The van der Waals surface area contributed by atoms with Gasteiger partial charge in [0.2, 0.25) is 0 Å². The Bertz CT molecular complexity index is 718. The van der Waals surface area contributed by atoms with E-state index in [9.17, 15) is 9.18 Å². The SMILES string of the molecule is CCOc1cc(CNC(=O)c2ccc(OC)c(F)c2)ccc1OC. The average molecular weight is 333 g/mol. The van der Waals surface area contributed by atoms with Crippen molar-refractivity contribution in [2.75, 3.05) is 20.8 Å². The fourth-order valence-corrected chi connectivity index (χ4v) is 2.19. The molecule has 0 saturated heterocycles. The van der Waals surface area contributed by atoms with Crippen molar-refractivity contribution in [1.29, 1.82) is 0 Å². The van der Waals surface area contributed by atoms with Gasteiger partial charge in [-0.1, -0.05) is 6.07 Å². The van der Waals surface area contributed by atoms with E-state index in [0.29, 0.717) is 18.1 Å². The largest absolute Gasteiger partial charge is 0.494 e. The van der Waals surface area contributed by atoms with Crippen molar-refractivity contribution in [3.63, 3.8) is 0 Å². The van der Waals surface area contributed by atoms with E-state index in [1.807, 2.05) is 13.0 Å². The van der Waals surface area contributed by atoms with E-state index >= 15 is 0 Å². The lowest BCUT2D eigenvalue weighted by Gasteiger charge is -2.12. The van der Waals surface area contributed by atoms with Gasteiger partial charge in [-0.05, 0) is 42.8 Å².